The number of nitrogens with two attached hydrogens (primary N) is 1. The molecule has 2 heterocycles. The molecule has 2 rings (SSSR count). The second-order valence-electron chi connectivity index (χ2n) is 3.65. The number of esters is 1. The minimum absolute atomic E-state index is 0.136. The predicted molar refractivity (Wildman–Crippen MR) is 56.8 cm³/mol. The molecule has 5 nitrogen and oxygen atoms in total. The Morgan fingerprint density at radius 1 is 1.62 bits per heavy atom. The molecule has 0 spiro atoms. The van der Waals surface area contributed by atoms with Gasteiger partial charge in [-0.25, -0.2) is 9.78 Å². The smallest absolute Gasteiger partial charge is 0.357 e. The van der Waals surface area contributed by atoms with E-state index in [-0.39, 0.29) is 6.10 Å². The van der Waals surface area contributed by atoms with Crippen LogP contribution < -0.4 is 5.73 Å². The number of ether oxygens (including phenoxy) is 2. The first-order valence-corrected chi connectivity index (χ1v) is 5.23. The second kappa shape index (κ2) is 5.05. The fourth-order valence-electron chi connectivity index (χ4n) is 1.48. The summed E-state index contributed by atoms with van der Waals surface area (Å²) >= 11 is 0. The van der Waals surface area contributed by atoms with Gasteiger partial charge in [-0.05, 0) is 11.6 Å². The summed E-state index contributed by atoms with van der Waals surface area (Å²) in [5.74, 6) is -0.404. The summed E-state index contributed by atoms with van der Waals surface area (Å²) in [5.41, 5.74) is 6.63. The van der Waals surface area contributed by atoms with Crippen molar-refractivity contribution in [1.82, 2.24) is 4.98 Å². The minimum atomic E-state index is -0.404. The third-order valence-corrected chi connectivity index (χ3v) is 2.43. The van der Waals surface area contributed by atoms with Crippen LogP contribution in [0.2, 0.25) is 0 Å². The maximum Gasteiger partial charge on any atom is 0.357 e. The molecule has 1 unspecified atom stereocenters. The molecule has 1 atom stereocenters. The molecule has 16 heavy (non-hydrogen) atoms. The Morgan fingerprint density at radius 2 is 2.50 bits per heavy atom. The van der Waals surface area contributed by atoms with Gasteiger partial charge in [-0.15, -0.1) is 0 Å². The molecule has 1 saturated heterocycles. The van der Waals surface area contributed by atoms with Crippen LogP contribution in [0.15, 0.2) is 18.3 Å². The van der Waals surface area contributed by atoms with Crippen LogP contribution in [-0.2, 0) is 16.0 Å². The van der Waals surface area contributed by atoms with E-state index in [4.69, 9.17) is 15.2 Å². The zero-order valence-electron chi connectivity index (χ0n) is 8.89. The predicted octanol–water partition coefficient (Wildman–Crippen LogP) is 0.486. The first-order chi connectivity index (χ1) is 7.79. The lowest BCUT2D eigenvalue weighted by Crippen LogP contribution is -2.19. The Kier molecular flexibility index (Phi) is 3.48. The quantitative estimate of drug-likeness (QED) is 0.753. The summed E-state index contributed by atoms with van der Waals surface area (Å²) in [7, 11) is 0. The van der Waals surface area contributed by atoms with E-state index in [9.17, 15) is 4.79 Å². The molecule has 0 amide bonds. The van der Waals surface area contributed by atoms with Crippen molar-refractivity contribution in [3.8, 4) is 0 Å². The molecule has 0 bridgehead atoms. The second-order valence-corrected chi connectivity index (χ2v) is 3.65. The van der Waals surface area contributed by atoms with Gasteiger partial charge < -0.3 is 15.2 Å². The van der Waals surface area contributed by atoms with Gasteiger partial charge in [-0.3, -0.25) is 0 Å². The number of aromatic nitrogens is 1. The topological polar surface area (TPSA) is 74.4 Å². The number of carbonyl (C=O) groups is 1. The Morgan fingerprint density at radius 3 is 3.06 bits per heavy atom. The molecule has 0 aliphatic carbocycles. The van der Waals surface area contributed by atoms with Gasteiger partial charge in [0.05, 0.1) is 13.2 Å². The lowest BCUT2D eigenvalue weighted by atomic mass is 10.2. The molecule has 1 fully saturated rings. The molecule has 0 saturated carbocycles. The fraction of sp³-hybridized carbons (Fsp3) is 0.455. The van der Waals surface area contributed by atoms with Crippen molar-refractivity contribution in [3.05, 3.63) is 29.6 Å². The van der Waals surface area contributed by atoms with Crippen LogP contribution in [0.4, 0.5) is 0 Å². The van der Waals surface area contributed by atoms with Gasteiger partial charge in [-0.1, -0.05) is 6.07 Å². The van der Waals surface area contributed by atoms with Crippen molar-refractivity contribution in [2.45, 2.75) is 19.1 Å². The molecular weight excluding hydrogens is 208 g/mol. The lowest BCUT2D eigenvalue weighted by molar-refractivity contribution is 0.0264. The van der Waals surface area contributed by atoms with E-state index in [1.165, 1.54) is 0 Å². The fourth-order valence-corrected chi connectivity index (χ4v) is 1.48. The van der Waals surface area contributed by atoms with Crippen LogP contribution >= 0.6 is 0 Å². The van der Waals surface area contributed by atoms with Gasteiger partial charge in [0, 0.05) is 19.2 Å². The van der Waals surface area contributed by atoms with E-state index in [1.807, 2.05) is 0 Å². The van der Waals surface area contributed by atoms with E-state index < -0.39 is 5.97 Å². The van der Waals surface area contributed by atoms with E-state index >= 15 is 0 Å². The highest BCUT2D eigenvalue weighted by atomic mass is 16.6. The van der Waals surface area contributed by atoms with Crippen LogP contribution in [0.3, 0.4) is 0 Å². The number of nitrogens with zero attached hydrogens (tertiary/aromatic N) is 1. The zero-order valence-corrected chi connectivity index (χ0v) is 8.89. The van der Waals surface area contributed by atoms with Gasteiger partial charge in [0.1, 0.15) is 11.8 Å². The van der Waals surface area contributed by atoms with E-state index in [0.29, 0.717) is 25.5 Å². The van der Waals surface area contributed by atoms with E-state index in [0.717, 1.165) is 12.0 Å². The summed E-state index contributed by atoms with van der Waals surface area (Å²) in [6.07, 6.45) is 2.21. The molecule has 1 aliphatic rings. The molecule has 5 heteroatoms. The zero-order chi connectivity index (χ0) is 11.4. The summed E-state index contributed by atoms with van der Waals surface area (Å²) in [5, 5.41) is 0. The highest BCUT2D eigenvalue weighted by Crippen LogP contribution is 2.11. The highest BCUT2D eigenvalue weighted by molar-refractivity contribution is 5.87. The van der Waals surface area contributed by atoms with Crippen LogP contribution in [0, 0.1) is 0 Å². The maximum atomic E-state index is 11.6. The average Bonchev–Trinajstić information content (AvgIpc) is 2.82. The molecule has 86 valence electrons. The first-order valence-electron chi connectivity index (χ1n) is 5.23. The highest BCUT2D eigenvalue weighted by Gasteiger charge is 2.21. The monoisotopic (exact) mass is 222 g/mol. The Bertz CT molecular complexity index is 358. The average molecular weight is 222 g/mol. The van der Waals surface area contributed by atoms with Crippen molar-refractivity contribution >= 4 is 5.97 Å². The van der Waals surface area contributed by atoms with Crippen LogP contribution in [0.25, 0.3) is 0 Å². The van der Waals surface area contributed by atoms with Crippen molar-refractivity contribution in [3.63, 3.8) is 0 Å². The van der Waals surface area contributed by atoms with Gasteiger partial charge in [0.25, 0.3) is 0 Å². The van der Waals surface area contributed by atoms with Gasteiger partial charge >= 0.3 is 5.97 Å². The van der Waals surface area contributed by atoms with Crippen molar-refractivity contribution in [2.24, 2.45) is 5.73 Å². The standard InChI is InChI=1S/C11H14N2O3/c12-5-8-1-2-10(13-6-8)11(14)16-9-3-4-15-7-9/h1-2,6,9H,3-5,7,12H2. The number of hydrogen-bond donors (Lipinski definition) is 1. The third kappa shape index (κ3) is 2.56. The van der Waals surface area contributed by atoms with Crippen LogP contribution in [0.5, 0.6) is 0 Å². The van der Waals surface area contributed by atoms with Gasteiger partial charge in [0.15, 0.2) is 0 Å². The lowest BCUT2D eigenvalue weighted by Gasteiger charge is -2.09. The molecular formula is C11H14N2O3. The Labute approximate surface area is 93.6 Å². The van der Waals surface area contributed by atoms with Crippen LogP contribution in [-0.4, -0.2) is 30.3 Å². The molecule has 0 aromatic carbocycles. The third-order valence-electron chi connectivity index (χ3n) is 2.43. The van der Waals surface area contributed by atoms with Crippen molar-refractivity contribution in [1.29, 1.82) is 0 Å². The van der Waals surface area contributed by atoms with E-state index in [2.05, 4.69) is 4.98 Å². The van der Waals surface area contributed by atoms with Crippen molar-refractivity contribution in [2.75, 3.05) is 13.2 Å². The molecule has 2 N–H and O–H groups in total. The number of rotatable bonds is 3. The maximum absolute atomic E-state index is 11.6. The molecule has 1 aromatic rings. The summed E-state index contributed by atoms with van der Waals surface area (Å²) < 4.78 is 10.3. The largest absolute Gasteiger partial charge is 0.455 e. The van der Waals surface area contributed by atoms with Gasteiger partial charge in [-0.2, -0.15) is 0 Å². The number of carbonyl (C=O) groups excluding carboxylic acids is 1. The Hall–Kier alpha value is -1.46. The molecule has 1 aliphatic heterocycles. The van der Waals surface area contributed by atoms with Crippen LogP contribution in [0.1, 0.15) is 22.5 Å². The van der Waals surface area contributed by atoms with Crippen molar-refractivity contribution < 1.29 is 14.3 Å². The molecule has 1 aromatic heterocycles. The SMILES string of the molecule is NCc1ccc(C(=O)OC2CCOC2)nc1. The van der Waals surface area contributed by atoms with Gasteiger partial charge in [0.2, 0.25) is 0 Å². The Balaban J connectivity index is 1.97. The summed E-state index contributed by atoms with van der Waals surface area (Å²) in [6.45, 7) is 1.54. The van der Waals surface area contributed by atoms with E-state index in [1.54, 1.807) is 18.3 Å². The minimum Gasteiger partial charge on any atom is -0.455 e. The number of hydrogen-bond acceptors (Lipinski definition) is 5. The first kappa shape index (κ1) is 11.0. The summed E-state index contributed by atoms with van der Waals surface area (Å²) in [4.78, 5) is 15.6. The normalized spacial score (nSPS) is 19.7. The number of pyridine rings is 1. The summed E-state index contributed by atoms with van der Waals surface area (Å²) in [6, 6.07) is 3.40. The molecule has 0 radical (unpaired) electrons.